The lowest BCUT2D eigenvalue weighted by molar-refractivity contribution is -0.133. The highest BCUT2D eigenvalue weighted by molar-refractivity contribution is 7.89. The molecule has 4 rings (SSSR count). The van der Waals surface area contributed by atoms with Crippen molar-refractivity contribution < 1.29 is 22.5 Å². The Morgan fingerprint density at radius 3 is 2.47 bits per heavy atom. The summed E-state index contributed by atoms with van der Waals surface area (Å²) in [6.07, 6.45) is 3.62. The SMILES string of the molecule is Cc1noc(C)c1S(=O)(=O)N1CCC2(CCN(C(=O)CCCOc3ccccc3)CC2)C1. The van der Waals surface area contributed by atoms with Crippen LogP contribution in [0.15, 0.2) is 39.8 Å². The van der Waals surface area contributed by atoms with E-state index in [-0.39, 0.29) is 16.2 Å². The van der Waals surface area contributed by atoms with E-state index in [2.05, 4.69) is 5.16 Å². The number of carbonyl (C=O) groups is 1. The third-order valence-electron chi connectivity index (χ3n) is 6.69. The van der Waals surface area contributed by atoms with Crippen LogP contribution in [0.5, 0.6) is 5.75 Å². The quantitative estimate of drug-likeness (QED) is 0.588. The third-order valence-corrected chi connectivity index (χ3v) is 8.78. The van der Waals surface area contributed by atoms with Gasteiger partial charge >= 0.3 is 0 Å². The van der Waals surface area contributed by atoms with Crippen LogP contribution in [0.1, 0.15) is 43.6 Å². The summed E-state index contributed by atoms with van der Waals surface area (Å²) >= 11 is 0. The van der Waals surface area contributed by atoms with Crippen molar-refractivity contribution in [2.45, 2.75) is 50.8 Å². The molecule has 2 fully saturated rings. The lowest BCUT2D eigenvalue weighted by atomic mass is 9.78. The first-order valence-electron chi connectivity index (χ1n) is 11.2. The molecule has 174 valence electrons. The Morgan fingerprint density at radius 2 is 1.81 bits per heavy atom. The molecule has 1 aromatic carbocycles. The van der Waals surface area contributed by atoms with E-state index in [9.17, 15) is 13.2 Å². The van der Waals surface area contributed by atoms with Gasteiger partial charge in [-0.1, -0.05) is 23.4 Å². The second kappa shape index (κ2) is 9.23. The summed E-state index contributed by atoms with van der Waals surface area (Å²) in [5.41, 5.74) is 0.347. The van der Waals surface area contributed by atoms with Crippen molar-refractivity contribution in [1.82, 2.24) is 14.4 Å². The van der Waals surface area contributed by atoms with Crippen LogP contribution in [0.25, 0.3) is 0 Å². The van der Waals surface area contributed by atoms with Crippen molar-refractivity contribution in [3.63, 3.8) is 0 Å². The Hall–Kier alpha value is -2.39. The lowest BCUT2D eigenvalue weighted by Gasteiger charge is -2.39. The number of hydrogen-bond donors (Lipinski definition) is 0. The number of ether oxygens (including phenoxy) is 1. The highest BCUT2D eigenvalue weighted by Crippen LogP contribution is 2.42. The predicted molar refractivity (Wildman–Crippen MR) is 119 cm³/mol. The highest BCUT2D eigenvalue weighted by Gasteiger charge is 2.46. The second-order valence-electron chi connectivity index (χ2n) is 8.89. The van der Waals surface area contributed by atoms with E-state index in [1.54, 1.807) is 18.2 Å². The van der Waals surface area contributed by atoms with Crippen LogP contribution in [0.2, 0.25) is 0 Å². The summed E-state index contributed by atoms with van der Waals surface area (Å²) in [6, 6.07) is 9.60. The van der Waals surface area contributed by atoms with E-state index in [4.69, 9.17) is 9.26 Å². The normalized spacial score (nSPS) is 18.9. The van der Waals surface area contributed by atoms with Crippen molar-refractivity contribution in [3.8, 4) is 5.75 Å². The maximum Gasteiger partial charge on any atom is 0.248 e. The molecule has 0 radical (unpaired) electrons. The molecule has 0 bridgehead atoms. The molecule has 0 unspecified atom stereocenters. The number of para-hydroxylation sites is 1. The number of sulfonamides is 1. The van der Waals surface area contributed by atoms with Crippen LogP contribution < -0.4 is 4.74 Å². The molecule has 32 heavy (non-hydrogen) atoms. The van der Waals surface area contributed by atoms with Crippen molar-refractivity contribution >= 4 is 15.9 Å². The maximum atomic E-state index is 13.1. The number of likely N-dealkylation sites (tertiary alicyclic amines) is 1. The molecule has 0 saturated carbocycles. The third kappa shape index (κ3) is 4.68. The minimum atomic E-state index is -3.62. The summed E-state index contributed by atoms with van der Waals surface area (Å²) < 4.78 is 38.6. The van der Waals surface area contributed by atoms with E-state index in [0.29, 0.717) is 57.1 Å². The fourth-order valence-electron chi connectivity index (χ4n) is 4.80. The molecule has 2 aromatic rings. The summed E-state index contributed by atoms with van der Waals surface area (Å²) in [5.74, 6) is 1.30. The number of benzene rings is 1. The summed E-state index contributed by atoms with van der Waals surface area (Å²) in [6.45, 7) is 6.15. The maximum absolute atomic E-state index is 13.1. The summed E-state index contributed by atoms with van der Waals surface area (Å²) in [5, 5.41) is 3.80. The molecule has 8 nitrogen and oxygen atoms in total. The zero-order valence-corrected chi connectivity index (χ0v) is 19.6. The van der Waals surface area contributed by atoms with Gasteiger partial charge in [-0.2, -0.15) is 4.31 Å². The van der Waals surface area contributed by atoms with Crippen LogP contribution in [0, 0.1) is 19.3 Å². The number of carbonyl (C=O) groups excluding carboxylic acids is 1. The first kappa shape index (κ1) is 22.8. The lowest BCUT2D eigenvalue weighted by Crippen LogP contribution is -2.44. The first-order chi connectivity index (χ1) is 15.3. The number of nitrogens with zero attached hydrogens (tertiary/aromatic N) is 3. The summed E-state index contributed by atoms with van der Waals surface area (Å²) in [4.78, 5) is 14.7. The Bertz CT molecular complexity index is 1020. The largest absolute Gasteiger partial charge is 0.494 e. The Morgan fingerprint density at radius 1 is 1.12 bits per heavy atom. The molecule has 2 aliphatic heterocycles. The number of piperidine rings is 1. The highest BCUT2D eigenvalue weighted by atomic mass is 32.2. The molecule has 9 heteroatoms. The molecule has 3 heterocycles. The zero-order chi connectivity index (χ0) is 22.8. The number of amides is 1. The van der Waals surface area contributed by atoms with E-state index in [1.807, 2.05) is 35.2 Å². The Kier molecular flexibility index (Phi) is 6.57. The average molecular weight is 462 g/mol. The zero-order valence-electron chi connectivity index (χ0n) is 18.7. The molecule has 0 aliphatic carbocycles. The van der Waals surface area contributed by atoms with Crippen LogP contribution in [0.3, 0.4) is 0 Å². The number of hydrogen-bond acceptors (Lipinski definition) is 6. The van der Waals surface area contributed by atoms with Gasteiger partial charge in [0.15, 0.2) is 5.76 Å². The molecule has 2 saturated heterocycles. The van der Waals surface area contributed by atoms with Gasteiger partial charge in [0.1, 0.15) is 16.3 Å². The first-order valence-corrected chi connectivity index (χ1v) is 12.6. The van der Waals surface area contributed by atoms with Gasteiger partial charge in [-0.25, -0.2) is 8.42 Å². The fourth-order valence-corrected chi connectivity index (χ4v) is 6.64. The predicted octanol–water partition coefficient (Wildman–Crippen LogP) is 3.15. The average Bonchev–Trinajstić information content (AvgIpc) is 3.36. The minimum absolute atomic E-state index is 0.0563. The van der Waals surface area contributed by atoms with Crippen molar-refractivity contribution in [2.24, 2.45) is 5.41 Å². The van der Waals surface area contributed by atoms with Gasteiger partial charge in [0.25, 0.3) is 0 Å². The second-order valence-corrected chi connectivity index (χ2v) is 10.8. The molecule has 0 N–H and O–H groups in total. The number of aryl methyl sites for hydroxylation is 2. The van der Waals surface area contributed by atoms with Gasteiger partial charge in [0.2, 0.25) is 15.9 Å². The van der Waals surface area contributed by atoms with Crippen LogP contribution in [-0.4, -0.2) is 61.5 Å². The van der Waals surface area contributed by atoms with Crippen LogP contribution in [-0.2, 0) is 14.8 Å². The van der Waals surface area contributed by atoms with Gasteiger partial charge in [0, 0.05) is 32.6 Å². The fraction of sp³-hybridized carbons (Fsp3) is 0.565. The van der Waals surface area contributed by atoms with E-state index in [0.717, 1.165) is 25.0 Å². The van der Waals surface area contributed by atoms with E-state index >= 15 is 0 Å². The standard InChI is InChI=1S/C23H31N3O5S/c1-18-22(19(2)31-24-18)32(28,29)26-15-12-23(17-26)10-13-25(14-11-23)21(27)9-6-16-30-20-7-4-3-5-8-20/h3-5,7-8H,6,9-17H2,1-2H3. The molecule has 0 atom stereocenters. The van der Waals surface area contributed by atoms with Crippen molar-refractivity contribution in [2.75, 3.05) is 32.8 Å². The van der Waals surface area contributed by atoms with Gasteiger partial charge in [0.05, 0.1) is 6.61 Å². The van der Waals surface area contributed by atoms with Gasteiger partial charge in [-0.15, -0.1) is 0 Å². The Balaban J connectivity index is 1.26. The van der Waals surface area contributed by atoms with Gasteiger partial charge < -0.3 is 14.2 Å². The van der Waals surface area contributed by atoms with Gasteiger partial charge in [-0.05, 0) is 57.1 Å². The molecule has 2 aliphatic rings. The van der Waals surface area contributed by atoms with Crippen molar-refractivity contribution in [1.29, 1.82) is 0 Å². The Labute approximate surface area is 189 Å². The van der Waals surface area contributed by atoms with Gasteiger partial charge in [-0.3, -0.25) is 4.79 Å². The van der Waals surface area contributed by atoms with Crippen LogP contribution >= 0.6 is 0 Å². The molecule has 1 aromatic heterocycles. The monoisotopic (exact) mass is 461 g/mol. The molecule has 1 amide bonds. The molecular formula is C23H31N3O5S. The topological polar surface area (TPSA) is 93.0 Å². The number of aromatic nitrogens is 1. The molecular weight excluding hydrogens is 430 g/mol. The molecule has 1 spiro atoms. The minimum Gasteiger partial charge on any atom is -0.494 e. The number of rotatable bonds is 7. The van der Waals surface area contributed by atoms with Crippen LogP contribution in [0.4, 0.5) is 0 Å². The van der Waals surface area contributed by atoms with E-state index < -0.39 is 10.0 Å². The summed E-state index contributed by atoms with van der Waals surface area (Å²) in [7, 11) is -3.62. The van der Waals surface area contributed by atoms with Crippen molar-refractivity contribution in [3.05, 3.63) is 41.8 Å². The van der Waals surface area contributed by atoms with E-state index in [1.165, 1.54) is 0 Å². The smallest absolute Gasteiger partial charge is 0.248 e.